The number of amides is 1. The fraction of sp³-hybridized carbons (Fsp3) is 0.467. The minimum absolute atomic E-state index is 0.0422. The van der Waals surface area contributed by atoms with Crippen LogP contribution in [-0.2, 0) is 32.7 Å². The van der Waals surface area contributed by atoms with Crippen LogP contribution >= 0.6 is 7.82 Å². The summed E-state index contributed by atoms with van der Waals surface area (Å²) in [7, 11) is -4.30. The zero-order valence-electron chi connectivity index (χ0n) is 16.3. The number of nitrogens with one attached hydrogen (secondary N) is 1. The molecule has 4 rings (SSSR count). The summed E-state index contributed by atoms with van der Waals surface area (Å²) in [4.78, 5) is 48.2. The summed E-state index contributed by atoms with van der Waals surface area (Å²) in [5.41, 5.74) is 8.24. The van der Waals surface area contributed by atoms with E-state index in [4.69, 9.17) is 19.3 Å². The number of hydrogen-bond acceptors (Lipinski definition) is 11. The van der Waals surface area contributed by atoms with E-state index < -0.39 is 50.0 Å². The van der Waals surface area contributed by atoms with Crippen molar-refractivity contribution in [2.45, 2.75) is 31.5 Å². The van der Waals surface area contributed by atoms with Gasteiger partial charge in [0.25, 0.3) is 0 Å². The maximum absolute atomic E-state index is 12.3. The average Bonchev–Trinajstić information content (AvgIpc) is 3.30. The predicted molar refractivity (Wildman–Crippen MR) is 99.8 cm³/mol. The van der Waals surface area contributed by atoms with Crippen molar-refractivity contribution in [1.82, 2.24) is 19.5 Å². The minimum atomic E-state index is -4.30. The van der Waals surface area contributed by atoms with Gasteiger partial charge < -0.3 is 25.0 Å². The number of anilines is 1. The van der Waals surface area contributed by atoms with E-state index in [9.17, 15) is 24.2 Å². The number of esters is 1. The first-order valence-electron chi connectivity index (χ1n) is 9.13. The van der Waals surface area contributed by atoms with Crippen LogP contribution in [0.5, 0.6) is 0 Å². The molecule has 0 spiro atoms. The largest absolute Gasteiger partial charge is 0.472 e. The van der Waals surface area contributed by atoms with Gasteiger partial charge in [-0.1, -0.05) is 0 Å². The lowest BCUT2D eigenvalue weighted by Crippen LogP contribution is -2.39. The number of aliphatic hydroxyl groups is 1. The monoisotopic (exact) mass is 469 g/mol. The third-order valence-corrected chi connectivity index (χ3v) is 5.60. The van der Waals surface area contributed by atoms with Crippen molar-refractivity contribution in [3.8, 4) is 0 Å². The molecule has 0 aromatic carbocycles. The van der Waals surface area contributed by atoms with Crippen LogP contribution in [0.3, 0.4) is 0 Å². The third kappa shape index (κ3) is 3.91. The molecule has 2 aromatic heterocycles. The Kier molecular flexibility index (Phi) is 5.83. The molecular weight excluding hydrogens is 453 g/mol. The molecule has 16 nitrogen and oxygen atoms in total. The van der Waals surface area contributed by atoms with Crippen molar-refractivity contribution in [3.63, 3.8) is 0 Å². The number of hydrogen-bond donors (Lipinski definition) is 3. The number of rotatable bonds is 5. The first-order chi connectivity index (χ1) is 15.3. The van der Waals surface area contributed by atoms with Gasteiger partial charge in [-0.2, -0.15) is 4.79 Å². The standard InChI is InChI=1S/C15H16N7O9P/c1-2-28-15(25)8(21-16)13(24)20-11-7-12(18-4-17-11)22(5-19-7)14-9(23)10-6(30-14)3-29-32(26,27)31-10/h4-6,9-10,14,23H,2-3H2,1H3,(H,26,27)(H,17,18,20,24)/t6-,9-,10-,14-/m1/s1. The number of carbonyl (C=O) groups excluding carboxylic acids is 2. The SMILES string of the molecule is CCOC(=O)C(=[N+]=[N-])C(=O)Nc1ncnc2c1ncn2[C@@H]1O[C@@H]2COP(=O)(O)O[C@H]2[C@H]1O. The highest BCUT2D eigenvalue weighted by molar-refractivity contribution is 7.47. The van der Waals surface area contributed by atoms with Crippen molar-refractivity contribution in [3.05, 3.63) is 18.2 Å². The van der Waals surface area contributed by atoms with E-state index in [1.165, 1.54) is 17.8 Å². The Labute approximate surface area is 178 Å². The molecule has 2 aromatic rings. The Morgan fingerprint density at radius 1 is 1.44 bits per heavy atom. The minimum Gasteiger partial charge on any atom is -0.457 e. The number of carbonyl (C=O) groups is 2. The number of nitrogens with zero attached hydrogens (tertiary/aromatic N) is 6. The summed E-state index contributed by atoms with van der Waals surface area (Å²) in [6, 6.07) is 0. The van der Waals surface area contributed by atoms with Gasteiger partial charge >= 0.3 is 25.4 Å². The van der Waals surface area contributed by atoms with Crippen LogP contribution in [0.2, 0.25) is 0 Å². The zero-order valence-corrected chi connectivity index (χ0v) is 17.2. The molecule has 0 saturated carbocycles. The number of phosphoric ester groups is 1. The third-order valence-electron chi connectivity index (χ3n) is 4.62. The Morgan fingerprint density at radius 2 is 2.22 bits per heavy atom. The molecule has 2 fully saturated rings. The van der Waals surface area contributed by atoms with Gasteiger partial charge in [-0.25, -0.2) is 24.3 Å². The smallest absolute Gasteiger partial charge is 0.457 e. The maximum Gasteiger partial charge on any atom is 0.472 e. The molecule has 5 atom stereocenters. The molecule has 2 aliphatic rings. The molecule has 0 bridgehead atoms. The highest BCUT2D eigenvalue weighted by Gasteiger charge is 2.52. The van der Waals surface area contributed by atoms with Gasteiger partial charge in [0.15, 0.2) is 23.2 Å². The maximum atomic E-state index is 12.3. The molecule has 0 aliphatic carbocycles. The van der Waals surface area contributed by atoms with Gasteiger partial charge in [0.1, 0.15) is 24.6 Å². The average molecular weight is 469 g/mol. The second-order valence-corrected chi connectivity index (χ2v) is 7.97. The van der Waals surface area contributed by atoms with Crippen LogP contribution in [0.15, 0.2) is 12.7 Å². The molecule has 2 saturated heterocycles. The summed E-state index contributed by atoms with van der Waals surface area (Å²) in [6.45, 7) is 1.20. The zero-order chi connectivity index (χ0) is 23.0. The number of ether oxygens (including phenoxy) is 2. The van der Waals surface area contributed by atoms with Crippen molar-refractivity contribution in [2.75, 3.05) is 18.5 Å². The van der Waals surface area contributed by atoms with E-state index in [0.717, 1.165) is 6.33 Å². The molecule has 4 heterocycles. The van der Waals surface area contributed by atoms with Gasteiger partial charge in [0.05, 0.1) is 19.5 Å². The van der Waals surface area contributed by atoms with Gasteiger partial charge in [-0.15, -0.1) is 0 Å². The van der Waals surface area contributed by atoms with Gasteiger partial charge in [0, 0.05) is 0 Å². The van der Waals surface area contributed by atoms with E-state index in [0.29, 0.717) is 0 Å². The molecule has 2 aliphatic heterocycles. The van der Waals surface area contributed by atoms with Gasteiger partial charge in [-0.05, 0) is 6.92 Å². The van der Waals surface area contributed by atoms with Crippen LogP contribution in [0.4, 0.5) is 5.82 Å². The molecule has 3 N–H and O–H groups in total. The Balaban J connectivity index is 1.60. The van der Waals surface area contributed by atoms with Crippen molar-refractivity contribution in [1.29, 1.82) is 0 Å². The normalized spacial score (nSPS) is 29.2. The lowest BCUT2D eigenvalue weighted by molar-refractivity contribution is -0.141. The molecule has 170 valence electrons. The first-order valence-corrected chi connectivity index (χ1v) is 10.6. The van der Waals surface area contributed by atoms with Crippen LogP contribution in [-0.4, -0.2) is 83.4 Å². The predicted octanol–water partition coefficient (Wildman–Crippen LogP) is -1.23. The van der Waals surface area contributed by atoms with Crippen LogP contribution < -0.4 is 5.32 Å². The Morgan fingerprint density at radius 3 is 2.94 bits per heavy atom. The molecular formula is C15H16N7O9P. The fourth-order valence-electron chi connectivity index (χ4n) is 3.24. The van der Waals surface area contributed by atoms with Crippen LogP contribution in [0.25, 0.3) is 16.7 Å². The van der Waals surface area contributed by atoms with E-state index in [2.05, 4.69) is 29.8 Å². The second-order valence-electron chi connectivity index (χ2n) is 6.56. The van der Waals surface area contributed by atoms with E-state index in [1.807, 2.05) is 0 Å². The summed E-state index contributed by atoms with van der Waals surface area (Å²) in [5, 5.41) is 12.9. The number of imidazole rings is 1. The van der Waals surface area contributed by atoms with Crippen LogP contribution in [0.1, 0.15) is 13.2 Å². The van der Waals surface area contributed by atoms with E-state index in [-0.39, 0.29) is 30.2 Å². The Bertz CT molecular complexity index is 1180. The summed E-state index contributed by atoms with van der Waals surface area (Å²) >= 11 is 0. The molecule has 1 amide bonds. The molecule has 17 heteroatoms. The lowest BCUT2D eigenvalue weighted by Gasteiger charge is -2.27. The number of aromatic nitrogens is 4. The number of aliphatic hydroxyl groups excluding tert-OH is 1. The molecule has 32 heavy (non-hydrogen) atoms. The fourth-order valence-corrected chi connectivity index (χ4v) is 4.20. The lowest BCUT2D eigenvalue weighted by atomic mass is 10.1. The van der Waals surface area contributed by atoms with Crippen molar-refractivity contribution in [2.24, 2.45) is 0 Å². The number of fused-ring (bicyclic) bond motifs is 2. The second kappa shape index (κ2) is 8.44. The quantitative estimate of drug-likeness (QED) is 0.117. The van der Waals surface area contributed by atoms with Crippen LogP contribution in [0, 0.1) is 0 Å². The highest BCUT2D eigenvalue weighted by Crippen LogP contribution is 2.52. The van der Waals surface area contributed by atoms with E-state index in [1.54, 1.807) is 0 Å². The topological polar surface area (TPSA) is 221 Å². The highest BCUT2D eigenvalue weighted by atomic mass is 31.2. The van der Waals surface area contributed by atoms with Crippen molar-refractivity contribution >= 4 is 42.4 Å². The molecule has 1 unspecified atom stereocenters. The molecule has 0 radical (unpaired) electrons. The summed E-state index contributed by atoms with van der Waals surface area (Å²) in [5.74, 6) is -2.38. The van der Waals surface area contributed by atoms with E-state index >= 15 is 0 Å². The van der Waals surface area contributed by atoms with Crippen molar-refractivity contribution < 1.29 is 47.5 Å². The summed E-state index contributed by atoms with van der Waals surface area (Å²) < 4.78 is 32.9. The summed E-state index contributed by atoms with van der Waals surface area (Å²) in [6.07, 6.45) is -2.11. The van der Waals surface area contributed by atoms with Gasteiger partial charge in [0.2, 0.25) is 0 Å². The van der Waals surface area contributed by atoms with Gasteiger partial charge in [-0.3, -0.25) is 23.7 Å². The first kappa shape index (κ1) is 22.1. The Hall–Kier alpha value is -3.10. The number of phosphoric acid groups is 1.